The number of aryl methyl sites for hydroxylation is 1. The first-order valence-corrected chi connectivity index (χ1v) is 9.71. The molecule has 0 radical (unpaired) electrons. The van der Waals surface area contributed by atoms with Gasteiger partial charge in [0.2, 0.25) is 0 Å². The van der Waals surface area contributed by atoms with E-state index in [1.165, 1.54) is 27.8 Å². The highest BCUT2D eigenvalue weighted by Crippen LogP contribution is 2.60. The van der Waals surface area contributed by atoms with Gasteiger partial charge in [-0.3, -0.25) is 4.99 Å². The van der Waals surface area contributed by atoms with Crippen molar-refractivity contribution in [1.82, 2.24) is 0 Å². The van der Waals surface area contributed by atoms with Crippen LogP contribution in [0.1, 0.15) is 81.7 Å². The molecular formula is C23H29NO. The second-order valence-electron chi connectivity index (χ2n) is 8.43. The highest BCUT2D eigenvalue weighted by atomic mass is 16.3. The van der Waals surface area contributed by atoms with E-state index in [2.05, 4.69) is 53.3 Å². The van der Waals surface area contributed by atoms with Crippen molar-refractivity contribution in [1.29, 1.82) is 0 Å². The summed E-state index contributed by atoms with van der Waals surface area (Å²) in [6.07, 6.45) is 5.26. The Bertz CT molecular complexity index is 885. The number of rotatable bonds is 5. The average Bonchev–Trinajstić information content (AvgIpc) is 3.09. The normalized spacial score (nSPS) is 25.5. The number of nitrogens with zero attached hydrogens (tertiary/aromatic N) is 1. The number of hydrogen-bond acceptors (Lipinski definition) is 2. The van der Waals surface area contributed by atoms with Crippen molar-refractivity contribution < 1.29 is 4.42 Å². The zero-order valence-corrected chi connectivity index (χ0v) is 16.1. The quantitative estimate of drug-likeness (QED) is 0.582. The van der Waals surface area contributed by atoms with Crippen LogP contribution in [0.25, 0.3) is 11.0 Å². The third-order valence-electron chi connectivity index (χ3n) is 6.02. The molecule has 1 fully saturated rings. The summed E-state index contributed by atoms with van der Waals surface area (Å²) in [6.45, 7) is 15.3. The predicted octanol–water partition coefficient (Wildman–Crippen LogP) is 6.38. The third-order valence-corrected chi connectivity index (χ3v) is 6.02. The highest BCUT2D eigenvalue weighted by molar-refractivity contribution is 6.14. The van der Waals surface area contributed by atoms with Gasteiger partial charge >= 0.3 is 0 Å². The number of benzene rings is 1. The topological polar surface area (TPSA) is 25.5 Å². The Balaban J connectivity index is 2.05. The van der Waals surface area contributed by atoms with Gasteiger partial charge in [0.1, 0.15) is 11.3 Å². The minimum absolute atomic E-state index is 0.0791. The van der Waals surface area contributed by atoms with Crippen LogP contribution >= 0.6 is 0 Å². The second kappa shape index (κ2) is 5.59. The number of hydrogen-bond donors (Lipinski definition) is 0. The molecular weight excluding hydrogens is 306 g/mol. The lowest BCUT2D eigenvalue weighted by Crippen LogP contribution is -2.23. The molecule has 4 rings (SSSR count). The molecule has 2 heteroatoms. The summed E-state index contributed by atoms with van der Waals surface area (Å²) in [4.78, 5) is 5.19. The smallest absolute Gasteiger partial charge is 0.143 e. The van der Waals surface area contributed by atoms with E-state index in [0.717, 1.165) is 30.6 Å². The molecule has 2 aromatic rings. The summed E-state index contributed by atoms with van der Waals surface area (Å²) >= 11 is 0. The van der Waals surface area contributed by atoms with Crippen LogP contribution in [0.4, 0.5) is 0 Å². The van der Waals surface area contributed by atoms with E-state index in [0.29, 0.717) is 11.8 Å². The Morgan fingerprint density at radius 3 is 2.76 bits per heavy atom. The molecule has 1 aliphatic carbocycles. The number of allylic oxidation sites excluding steroid dienone is 1. The molecule has 0 N–H and O–H groups in total. The van der Waals surface area contributed by atoms with Crippen molar-refractivity contribution >= 4 is 16.7 Å². The SMILES string of the molecule is C=CC(C)C1=NC2(C)CC2c2c(C(C)C)cc3cc(CCC)oc3c21. The van der Waals surface area contributed by atoms with Gasteiger partial charge in [0.25, 0.3) is 0 Å². The van der Waals surface area contributed by atoms with Crippen LogP contribution in [-0.2, 0) is 6.42 Å². The summed E-state index contributed by atoms with van der Waals surface area (Å²) in [6, 6.07) is 4.61. The van der Waals surface area contributed by atoms with E-state index >= 15 is 0 Å². The summed E-state index contributed by atoms with van der Waals surface area (Å²) in [5.41, 5.74) is 6.55. The van der Waals surface area contributed by atoms with Gasteiger partial charge in [-0.25, -0.2) is 0 Å². The summed E-state index contributed by atoms with van der Waals surface area (Å²) in [7, 11) is 0. The van der Waals surface area contributed by atoms with Crippen LogP contribution in [0.15, 0.2) is 34.2 Å². The summed E-state index contributed by atoms with van der Waals surface area (Å²) < 4.78 is 6.35. The van der Waals surface area contributed by atoms with Crippen LogP contribution in [0.3, 0.4) is 0 Å². The average molecular weight is 335 g/mol. The first-order valence-electron chi connectivity index (χ1n) is 9.71. The van der Waals surface area contributed by atoms with Gasteiger partial charge in [-0.05, 0) is 48.9 Å². The summed E-state index contributed by atoms with van der Waals surface area (Å²) in [5, 5.41) is 1.24. The molecule has 3 unspecified atom stereocenters. The molecule has 2 nitrogen and oxygen atoms in total. The maximum Gasteiger partial charge on any atom is 0.143 e. The predicted molar refractivity (Wildman–Crippen MR) is 106 cm³/mol. The van der Waals surface area contributed by atoms with Crippen molar-refractivity contribution in [3.8, 4) is 0 Å². The molecule has 1 aliphatic heterocycles. The lowest BCUT2D eigenvalue weighted by molar-refractivity contribution is 0.542. The van der Waals surface area contributed by atoms with Gasteiger partial charge in [0, 0.05) is 29.2 Å². The molecule has 0 amide bonds. The van der Waals surface area contributed by atoms with Crippen LogP contribution in [-0.4, -0.2) is 11.3 Å². The fraction of sp³-hybridized carbons (Fsp3) is 0.522. The molecule has 2 aliphatic rings. The van der Waals surface area contributed by atoms with Gasteiger partial charge in [-0.15, -0.1) is 6.58 Å². The van der Waals surface area contributed by atoms with Crippen molar-refractivity contribution in [2.24, 2.45) is 10.9 Å². The maximum absolute atomic E-state index is 6.35. The first kappa shape index (κ1) is 16.6. The Hall–Kier alpha value is -1.83. The summed E-state index contributed by atoms with van der Waals surface area (Å²) in [5.74, 6) is 2.38. The van der Waals surface area contributed by atoms with Crippen molar-refractivity contribution in [2.45, 2.75) is 71.3 Å². The molecule has 0 spiro atoms. The number of fused-ring (bicyclic) bond motifs is 5. The molecule has 1 aromatic carbocycles. The van der Waals surface area contributed by atoms with Gasteiger partial charge in [-0.1, -0.05) is 33.8 Å². The number of aliphatic imine (C=N–C) groups is 1. The van der Waals surface area contributed by atoms with Crippen molar-refractivity contribution in [3.63, 3.8) is 0 Å². The maximum atomic E-state index is 6.35. The molecule has 3 atom stereocenters. The van der Waals surface area contributed by atoms with Gasteiger partial charge in [-0.2, -0.15) is 0 Å². The zero-order chi connectivity index (χ0) is 17.9. The molecule has 25 heavy (non-hydrogen) atoms. The molecule has 0 saturated heterocycles. The molecule has 2 heterocycles. The third kappa shape index (κ3) is 2.41. The first-order chi connectivity index (χ1) is 11.9. The monoisotopic (exact) mass is 335 g/mol. The van der Waals surface area contributed by atoms with E-state index in [4.69, 9.17) is 9.41 Å². The van der Waals surface area contributed by atoms with E-state index in [1.807, 2.05) is 6.08 Å². The second-order valence-corrected chi connectivity index (χ2v) is 8.43. The Morgan fingerprint density at radius 2 is 2.12 bits per heavy atom. The Kier molecular flexibility index (Phi) is 3.72. The molecule has 1 saturated carbocycles. The molecule has 0 bridgehead atoms. The standard InChI is InChI=1S/C23H29NO/c1-7-9-16-10-15-11-17(13(3)4)19-18-12-23(18,6)24-21(14(5)8-2)20(19)22(15)25-16/h8,10-11,13-14,18H,2,7,9,12H2,1,3-6H3. The van der Waals surface area contributed by atoms with Crippen LogP contribution in [0.2, 0.25) is 0 Å². The van der Waals surface area contributed by atoms with E-state index in [9.17, 15) is 0 Å². The van der Waals surface area contributed by atoms with Crippen molar-refractivity contribution in [3.05, 3.63) is 47.2 Å². The number of furan rings is 1. The van der Waals surface area contributed by atoms with Crippen LogP contribution in [0.5, 0.6) is 0 Å². The lowest BCUT2D eigenvalue weighted by Gasteiger charge is -2.27. The zero-order valence-electron chi connectivity index (χ0n) is 16.1. The largest absolute Gasteiger partial charge is 0.460 e. The van der Waals surface area contributed by atoms with Crippen molar-refractivity contribution in [2.75, 3.05) is 0 Å². The van der Waals surface area contributed by atoms with Crippen LogP contribution in [0, 0.1) is 5.92 Å². The van der Waals surface area contributed by atoms with Gasteiger partial charge < -0.3 is 4.42 Å². The van der Waals surface area contributed by atoms with Gasteiger partial charge in [0.15, 0.2) is 0 Å². The fourth-order valence-corrected chi connectivity index (χ4v) is 4.41. The van der Waals surface area contributed by atoms with E-state index in [-0.39, 0.29) is 11.5 Å². The van der Waals surface area contributed by atoms with E-state index in [1.54, 1.807) is 0 Å². The molecule has 132 valence electrons. The van der Waals surface area contributed by atoms with Crippen LogP contribution < -0.4 is 0 Å². The highest BCUT2D eigenvalue weighted by Gasteiger charge is 2.56. The van der Waals surface area contributed by atoms with E-state index < -0.39 is 0 Å². The Morgan fingerprint density at radius 1 is 1.36 bits per heavy atom. The lowest BCUT2D eigenvalue weighted by atomic mass is 9.81. The van der Waals surface area contributed by atoms with Gasteiger partial charge in [0.05, 0.1) is 11.3 Å². The Labute approximate surface area is 151 Å². The minimum atomic E-state index is 0.0791. The fourth-order valence-electron chi connectivity index (χ4n) is 4.41. The molecule has 1 aromatic heterocycles. The minimum Gasteiger partial charge on any atom is -0.460 e.